The maximum absolute atomic E-state index is 15.5. The zero-order valence-corrected chi connectivity index (χ0v) is 42.7. The molecule has 4 unspecified atom stereocenters. The van der Waals surface area contributed by atoms with Crippen LogP contribution in [-0.2, 0) is 73.8 Å². The number of nitrogens with one attached hydrogen (secondary N) is 7. The maximum atomic E-state index is 15.5. The number of carbonyl (C=O) groups excluding carboxylic acids is 7. The molecule has 0 saturated carbocycles. The molecule has 0 spiro atoms. The quantitative estimate of drug-likeness (QED) is 0.0111. The van der Waals surface area contributed by atoms with Crippen molar-refractivity contribution in [2.24, 2.45) is 0 Å². The molecule has 0 saturated heterocycles. The summed E-state index contributed by atoms with van der Waals surface area (Å²) in [5.74, 6) is -2.32. The van der Waals surface area contributed by atoms with Crippen LogP contribution in [0, 0.1) is 24.6 Å². The summed E-state index contributed by atoms with van der Waals surface area (Å²) in [4.78, 5) is 119. The van der Waals surface area contributed by atoms with Crippen LogP contribution in [0.4, 0.5) is 17.6 Å². The molecule has 0 fully saturated rings. The molecular formula is C51H55F4N9O12S. The number of aromatic nitrogens is 2. The van der Waals surface area contributed by atoms with E-state index in [-0.39, 0.29) is 78.9 Å². The number of aryl methyl sites for hydroxylation is 1. The van der Waals surface area contributed by atoms with Gasteiger partial charge in [0, 0.05) is 48.4 Å². The number of pyridine rings is 2. The number of hydrogen-bond donors (Lipinski definition) is 9. The Labute approximate surface area is 442 Å². The van der Waals surface area contributed by atoms with Crippen LogP contribution in [-0.4, -0.2) is 125 Å². The third-order valence-electron chi connectivity index (χ3n) is 12.3. The maximum Gasteiger partial charge on any atom is 0.423 e. The molecule has 6 rings (SSSR count). The van der Waals surface area contributed by atoms with Gasteiger partial charge in [-0.1, -0.05) is 49.1 Å². The first-order valence-electron chi connectivity index (χ1n) is 24.1. The number of nitrogens with zero attached hydrogens (tertiary/aromatic N) is 2. The van der Waals surface area contributed by atoms with Gasteiger partial charge >= 0.3 is 18.1 Å². The van der Waals surface area contributed by atoms with Gasteiger partial charge in [0.1, 0.15) is 25.2 Å². The van der Waals surface area contributed by atoms with E-state index in [4.69, 9.17) is 19.6 Å². The van der Waals surface area contributed by atoms with Crippen LogP contribution in [0.1, 0.15) is 78.1 Å². The van der Waals surface area contributed by atoms with Crippen molar-refractivity contribution in [1.82, 2.24) is 46.8 Å². The van der Waals surface area contributed by atoms with Crippen molar-refractivity contribution in [3.8, 4) is 23.2 Å². The number of thiol groups is 1. The predicted octanol–water partition coefficient (Wildman–Crippen LogP) is 1.26. The number of esters is 1. The predicted molar refractivity (Wildman–Crippen MR) is 270 cm³/mol. The summed E-state index contributed by atoms with van der Waals surface area (Å²) >= 11 is 4.09. The van der Waals surface area contributed by atoms with Gasteiger partial charge in [0.2, 0.25) is 35.6 Å². The Morgan fingerprint density at radius 1 is 0.922 bits per heavy atom. The Kier molecular flexibility index (Phi) is 19.9. The van der Waals surface area contributed by atoms with Gasteiger partial charge in [-0.2, -0.15) is 25.8 Å². The Morgan fingerprint density at radius 2 is 1.61 bits per heavy atom. The van der Waals surface area contributed by atoms with Gasteiger partial charge in [0.05, 0.1) is 66.5 Å². The first kappa shape index (κ1) is 58.4. The smallest absolute Gasteiger partial charge is 0.423 e. The van der Waals surface area contributed by atoms with Gasteiger partial charge in [-0.25, -0.2) is 9.37 Å². The Hall–Kier alpha value is -7.89. The Bertz CT molecular complexity index is 3090. The first-order chi connectivity index (χ1) is 36.6. The number of benzene rings is 2. The molecule has 1 aliphatic carbocycles. The van der Waals surface area contributed by atoms with Crippen LogP contribution in [0.25, 0.3) is 22.3 Å². The molecule has 21 nitrogen and oxygen atoms in total. The van der Waals surface area contributed by atoms with Crippen molar-refractivity contribution in [2.45, 2.75) is 95.6 Å². The number of ether oxygens (including phenoxy) is 2. The van der Waals surface area contributed by atoms with Crippen LogP contribution < -0.4 is 42.8 Å². The molecule has 410 valence electrons. The highest BCUT2D eigenvalue weighted by Gasteiger charge is 2.47. The van der Waals surface area contributed by atoms with Crippen molar-refractivity contribution in [1.29, 1.82) is 0 Å². The molecule has 3 heterocycles. The summed E-state index contributed by atoms with van der Waals surface area (Å²) < 4.78 is 71.1. The summed E-state index contributed by atoms with van der Waals surface area (Å²) in [5, 5.41) is 24.6. The number of fused-ring (bicyclic) bond motifs is 4. The third kappa shape index (κ3) is 15.2. The molecule has 4 atom stereocenters. The number of halogens is 4. The van der Waals surface area contributed by atoms with E-state index in [9.17, 15) is 56.3 Å². The lowest BCUT2D eigenvalue weighted by molar-refractivity contribution is -0.220. The minimum absolute atomic E-state index is 0.00461. The lowest BCUT2D eigenvalue weighted by Gasteiger charge is -2.31. The molecular weight excluding hydrogens is 1040 g/mol. The number of carboxylic acids is 1. The number of alkyl halides is 3. The average molecular weight is 1090 g/mol. The molecule has 0 bridgehead atoms. The highest BCUT2D eigenvalue weighted by atomic mass is 32.1. The summed E-state index contributed by atoms with van der Waals surface area (Å²) in [6.07, 6.45) is -8.17. The minimum Gasteiger partial charge on any atom is -0.480 e. The molecule has 8 N–H and O–H groups in total. The van der Waals surface area contributed by atoms with E-state index in [0.29, 0.717) is 34.1 Å². The molecule has 1 aliphatic heterocycles. The van der Waals surface area contributed by atoms with Gasteiger partial charge in [-0.3, -0.25) is 43.2 Å². The van der Waals surface area contributed by atoms with Crippen LogP contribution in [0.15, 0.2) is 47.3 Å². The van der Waals surface area contributed by atoms with Crippen molar-refractivity contribution >= 4 is 70.9 Å². The molecule has 26 heteroatoms. The van der Waals surface area contributed by atoms with E-state index < -0.39 is 121 Å². The van der Waals surface area contributed by atoms with Gasteiger partial charge in [0.15, 0.2) is 0 Å². The van der Waals surface area contributed by atoms with Gasteiger partial charge in [-0.15, -0.1) is 0 Å². The molecule has 2 aliphatic rings. The summed E-state index contributed by atoms with van der Waals surface area (Å²) in [7, 11) is 0. The highest BCUT2D eigenvalue weighted by molar-refractivity contribution is 7.81. The monoisotopic (exact) mass is 1090 g/mol. The number of carbonyl (C=O) groups is 8. The zero-order chi connectivity index (χ0) is 56.1. The van der Waals surface area contributed by atoms with Crippen molar-refractivity contribution < 1.29 is 70.5 Å². The lowest BCUT2D eigenvalue weighted by Crippen LogP contribution is -2.52. The average Bonchev–Trinajstić information content (AvgIpc) is 3.89. The molecule has 2 aromatic carbocycles. The fourth-order valence-electron chi connectivity index (χ4n) is 8.52. The lowest BCUT2D eigenvalue weighted by atomic mass is 9.81. The first-order valence-corrected chi connectivity index (χ1v) is 24.7. The second kappa shape index (κ2) is 26.2. The number of aliphatic carboxylic acids is 1. The SMILES string of the molecule is CCC#Cc1cc2n(c(=O)c1COC(=O)C(C)S)Cc1c-2nc2cc(F)c(C)c3c2c1C(NC(=O)C(OCNC(=O)CNC(=O)C(Cc1ccccc1)NC(=O)CNC(=O)CNC(=O)CCNCC(=O)O)C(F)(F)F)CC3. The van der Waals surface area contributed by atoms with Crippen LogP contribution >= 0.6 is 12.6 Å². The van der Waals surface area contributed by atoms with Crippen LogP contribution in [0.2, 0.25) is 0 Å². The molecule has 0 radical (unpaired) electrons. The Morgan fingerprint density at radius 3 is 2.30 bits per heavy atom. The molecule has 4 aromatic rings. The fraction of sp³-hybridized carbons (Fsp3) is 0.412. The van der Waals surface area contributed by atoms with E-state index in [1.165, 1.54) is 17.6 Å². The van der Waals surface area contributed by atoms with Gasteiger partial charge < -0.3 is 56.4 Å². The molecule has 77 heavy (non-hydrogen) atoms. The fourth-order valence-corrected chi connectivity index (χ4v) is 8.60. The van der Waals surface area contributed by atoms with Gasteiger partial charge in [-0.05, 0) is 55.0 Å². The van der Waals surface area contributed by atoms with Crippen molar-refractivity contribution in [3.63, 3.8) is 0 Å². The third-order valence-corrected chi connectivity index (χ3v) is 12.5. The second-order valence-corrected chi connectivity index (χ2v) is 18.6. The van der Waals surface area contributed by atoms with Crippen LogP contribution in [0.5, 0.6) is 0 Å². The standard InChI is InChI=1S/C51H55F4N9O12S/c1-4-5-11-29-17-37-45-31(23-64(37)49(73)32(29)24-75-50(74)27(3)77)44-34(13-12-30-26(2)33(52)18-35(62-45)43(30)44)63-48(72)46(51(53,54)55)76-25-60-40(67)20-59-47(71)36(16-28-9-7-6-8-10-28)61-41(68)21-58-39(66)19-57-38(65)14-15-56-22-42(69)70/h6-10,17-18,27,34,36,46,56,77H,4,12-16,19-25H2,1-3H3,(H,57,65)(H,58,66)(H,59,71)(H,60,67)(H,61,68)(H,63,72)(H,69,70). The van der Waals surface area contributed by atoms with E-state index in [1.54, 1.807) is 50.2 Å². The molecule has 2 aromatic heterocycles. The van der Waals surface area contributed by atoms with E-state index in [1.807, 2.05) is 0 Å². The van der Waals surface area contributed by atoms with Crippen molar-refractivity contribution in [2.75, 3.05) is 39.5 Å². The summed E-state index contributed by atoms with van der Waals surface area (Å²) in [6, 6.07) is 8.59. The summed E-state index contributed by atoms with van der Waals surface area (Å²) in [6.45, 7) is 0.758. The van der Waals surface area contributed by atoms with Gasteiger partial charge in [0.25, 0.3) is 11.5 Å². The van der Waals surface area contributed by atoms with E-state index in [2.05, 4.69) is 61.7 Å². The van der Waals surface area contributed by atoms with E-state index in [0.717, 1.165) is 0 Å². The number of rotatable bonds is 23. The van der Waals surface area contributed by atoms with Crippen molar-refractivity contribution in [3.05, 3.63) is 97.6 Å². The normalized spacial score (nSPS) is 14.3. The number of hydrogen-bond acceptors (Lipinski definition) is 14. The topological polar surface area (TPSA) is 294 Å². The van der Waals surface area contributed by atoms with Crippen LogP contribution in [0.3, 0.4) is 0 Å². The minimum atomic E-state index is -5.33. The zero-order valence-electron chi connectivity index (χ0n) is 41.8. The number of amides is 6. The Balaban J connectivity index is 1.11. The highest BCUT2D eigenvalue weighted by Crippen LogP contribution is 2.45. The largest absolute Gasteiger partial charge is 0.480 e. The number of carboxylic acid groups (broad SMARTS) is 1. The molecule has 6 amide bonds. The van der Waals surface area contributed by atoms with E-state index >= 15 is 4.39 Å². The second-order valence-electron chi connectivity index (χ2n) is 17.8. The summed E-state index contributed by atoms with van der Waals surface area (Å²) in [5.41, 5.74) is 2.30.